The standard InChI is InChI=1S/C26H17BO2/c28-27(29)26-19-13-5-4-12-18(19)23(17-8-2-1-3-9-17)24-20-14-6-10-16-11-7-15-21(22(16)20)25(24)26/h1-15,28-29H. The summed E-state index contributed by atoms with van der Waals surface area (Å²) >= 11 is 0. The molecule has 2 N–H and O–H groups in total. The molecule has 0 aromatic heterocycles. The highest BCUT2D eigenvalue weighted by Gasteiger charge is 2.32. The Morgan fingerprint density at radius 3 is 1.83 bits per heavy atom. The van der Waals surface area contributed by atoms with Crippen molar-refractivity contribution in [3.05, 3.63) is 91.0 Å². The van der Waals surface area contributed by atoms with Crippen molar-refractivity contribution >= 4 is 34.1 Å². The Labute approximate surface area is 168 Å². The Kier molecular flexibility index (Phi) is 3.45. The molecule has 0 saturated heterocycles. The molecule has 0 radical (unpaired) electrons. The van der Waals surface area contributed by atoms with Gasteiger partial charge in [-0.15, -0.1) is 0 Å². The van der Waals surface area contributed by atoms with E-state index in [1.807, 2.05) is 42.5 Å². The molecule has 0 spiro atoms. The first-order chi connectivity index (χ1) is 14.3. The van der Waals surface area contributed by atoms with Gasteiger partial charge in [-0.25, -0.2) is 0 Å². The number of benzene rings is 5. The van der Waals surface area contributed by atoms with Crippen LogP contribution in [-0.2, 0) is 0 Å². The van der Waals surface area contributed by atoms with Gasteiger partial charge in [-0.1, -0.05) is 91.0 Å². The first kappa shape index (κ1) is 16.5. The summed E-state index contributed by atoms with van der Waals surface area (Å²) in [4.78, 5) is 0. The molecule has 1 aliphatic carbocycles. The summed E-state index contributed by atoms with van der Waals surface area (Å²) in [7, 11) is -1.55. The largest absolute Gasteiger partial charge is 0.489 e. The zero-order chi connectivity index (χ0) is 19.5. The number of hydrogen-bond acceptors (Lipinski definition) is 2. The molecule has 2 nitrogen and oxygen atoms in total. The van der Waals surface area contributed by atoms with E-state index in [4.69, 9.17) is 0 Å². The van der Waals surface area contributed by atoms with Gasteiger partial charge in [0.05, 0.1) is 0 Å². The van der Waals surface area contributed by atoms with E-state index in [0.29, 0.717) is 5.46 Å². The second-order valence-corrected chi connectivity index (χ2v) is 7.53. The van der Waals surface area contributed by atoms with Crippen molar-refractivity contribution in [2.45, 2.75) is 0 Å². The van der Waals surface area contributed by atoms with Gasteiger partial charge >= 0.3 is 7.12 Å². The monoisotopic (exact) mass is 372 g/mol. The maximum absolute atomic E-state index is 10.4. The van der Waals surface area contributed by atoms with Crippen molar-refractivity contribution in [1.29, 1.82) is 0 Å². The highest BCUT2D eigenvalue weighted by Crippen LogP contribution is 2.52. The summed E-state index contributed by atoms with van der Waals surface area (Å²) in [6.45, 7) is 0. The summed E-state index contributed by atoms with van der Waals surface area (Å²) in [6, 6.07) is 31.0. The molecule has 0 fully saturated rings. The lowest BCUT2D eigenvalue weighted by molar-refractivity contribution is 0.426. The highest BCUT2D eigenvalue weighted by molar-refractivity contribution is 6.65. The van der Waals surface area contributed by atoms with Gasteiger partial charge in [-0.05, 0) is 60.4 Å². The van der Waals surface area contributed by atoms with Crippen LogP contribution in [-0.4, -0.2) is 17.2 Å². The van der Waals surface area contributed by atoms with Crippen molar-refractivity contribution in [2.75, 3.05) is 0 Å². The SMILES string of the molecule is OB(O)c1c2c(c(-c3ccccc3)c3ccccc13)-c1cccc3cccc-2c13. The Morgan fingerprint density at radius 1 is 0.517 bits per heavy atom. The topological polar surface area (TPSA) is 40.5 Å². The third-order valence-corrected chi connectivity index (χ3v) is 6.02. The Balaban J connectivity index is 1.92. The molecule has 5 aromatic rings. The third-order valence-electron chi connectivity index (χ3n) is 6.02. The normalized spacial score (nSPS) is 11.8. The molecule has 0 heterocycles. The molecule has 6 rings (SSSR count). The van der Waals surface area contributed by atoms with Gasteiger partial charge in [0, 0.05) is 0 Å². The van der Waals surface area contributed by atoms with Crippen LogP contribution in [0.2, 0.25) is 0 Å². The van der Waals surface area contributed by atoms with E-state index >= 15 is 0 Å². The average Bonchev–Trinajstić information content (AvgIpc) is 3.08. The Bertz CT molecular complexity index is 1420. The number of rotatable bonds is 2. The molecule has 3 heteroatoms. The first-order valence-electron chi connectivity index (χ1n) is 9.78. The fourth-order valence-electron chi connectivity index (χ4n) is 4.94. The van der Waals surface area contributed by atoms with E-state index in [9.17, 15) is 10.0 Å². The van der Waals surface area contributed by atoms with Gasteiger partial charge in [-0.2, -0.15) is 0 Å². The molecule has 0 bridgehead atoms. The minimum Gasteiger partial charge on any atom is -0.423 e. The van der Waals surface area contributed by atoms with Crippen LogP contribution in [0.25, 0.3) is 54.9 Å². The van der Waals surface area contributed by atoms with E-state index in [0.717, 1.165) is 49.5 Å². The van der Waals surface area contributed by atoms with Crippen LogP contribution in [0.15, 0.2) is 91.0 Å². The summed E-state index contributed by atoms with van der Waals surface area (Å²) in [5, 5.41) is 25.1. The molecule has 0 aliphatic heterocycles. The predicted molar refractivity (Wildman–Crippen MR) is 121 cm³/mol. The first-order valence-corrected chi connectivity index (χ1v) is 9.78. The summed E-state index contributed by atoms with van der Waals surface area (Å²) < 4.78 is 0. The molecule has 0 saturated carbocycles. The van der Waals surface area contributed by atoms with Crippen LogP contribution in [0.5, 0.6) is 0 Å². The van der Waals surface area contributed by atoms with Crippen LogP contribution in [0, 0.1) is 0 Å². The predicted octanol–water partition coefficient (Wildman–Crippen LogP) is 4.99. The zero-order valence-electron chi connectivity index (χ0n) is 15.6. The van der Waals surface area contributed by atoms with Gasteiger partial charge in [0.1, 0.15) is 0 Å². The van der Waals surface area contributed by atoms with Crippen molar-refractivity contribution in [2.24, 2.45) is 0 Å². The smallest absolute Gasteiger partial charge is 0.423 e. The summed E-state index contributed by atoms with van der Waals surface area (Å²) in [5.41, 5.74) is 7.10. The second-order valence-electron chi connectivity index (χ2n) is 7.53. The zero-order valence-corrected chi connectivity index (χ0v) is 15.6. The van der Waals surface area contributed by atoms with E-state index in [1.165, 1.54) is 5.39 Å². The van der Waals surface area contributed by atoms with Crippen LogP contribution in [0.1, 0.15) is 0 Å². The van der Waals surface area contributed by atoms with Crippen molar-refractivity contribution in [3.8, 4) is 33.4 Å². The number of hydrogen-bond donors (Lipinski definition) is 2. The summed E-state index contributed by atoms with van der Waals surface area (Å²) in [6.07, 6.45) is 0. The van der Waals surface area contributed by atoms with E-state index in [1.54, 1.807) is 0 Å². The van der Waals surface area contributed by atoms with Crippen molar-refractivity contribution in [3.63, 3.8) is 0 Å². The van der Waals surface area contributed by atoms with Crippen LogP contribution >= 0.6 is 0 Å². The average molecular weight is 372 g/mol. The molecule has 0 unspecified atom stereocenters. The molecular weight excluding hydrogens is 355 g/mol. The molecule has 0 amide bonds. The maximum atomic E-state index is 10.4. The highest BCUT2D eigenvalue weighted by atomic mass is 16.4. The van der Waals surface area contributed by atoms with Crippen LogP contribution in [0.3, 0.4) is 0 Å². The lowest BCUT2D eigenvalue weighted by atomic mass is 9.70. The molecule has 136 valence electrons. The van der Waals surface area contributed by atoms with Crippen molar-refractivity contribution in [1.82, 2.24) is 0 Å². The van der Waals surface area contributed by atoms with Gasteiger partial charge in [0.15, 0.2) is 0 Å². The minimum atomic E-state index is -1.55. The van der Waals surface area contributed by atoms with Gasteiger partial charge in [0.25, 0.3) is 0 Å². The van der Waals surface area contributed by atoms with Gasteiger partial charge in [-0.3, -0.25) is 0 Å². The molecule has 0 atom stereocenters. The summed E-state index contributed by atoms with van der Waals surface area (Å²) in [5.74, 6) is 0. The fourth-order valence-corrected chi connectivity index (χ4v) is 4.94. The second kappa shape index (κ2) is 6.05. The lowest BCUT2D eigenvalue weighted by Gasteiger charge is -2.19. The molecule has 5 aromatic carbocycles. The number of fused-ring (bicyclic) bond motifs is 4. The van der Waals surface area contributed by atoms with Crippen molar-refractivity contribution < 1.29 is 10.0 Å². The fraction of sp³-hybridized carbons (Fsp3) is 0. The lowest BCUT2D eigenvalue weighted by Crippen LogP contribution is -2.32. The Morgan fingerprint density at radius 2 is 1.14 bits per heavy atom. The van der Waals surface area contributed by atoms with E-state index in [-0.39, 0.29) is 0 Å². The van der Waals surface area contributed by atoms with Gasteiger partial charge in [0.2, 0.25) is 0 Å². The van der Waals surface area contributed by atoms with E-state index < -0.39 is 7.12 Å². The molecule has 1 aliphatic rings. The Hall–Kier alpha value is -3.40. The quantitative estimate of drug-likeness (QED) is 0.421. The van der Waals surface area contributed by atoms with Gasteiger partial charge < -0.3 is 10.0 Å². The third kappa shape index (κ3) is 2.20. The van der Waals surface area contributed by atoms with Crippen LogP contribution in [0.4, 0.5) is 0 Å². The molecule has 29 heavy (non-hydrogen) atoms. The minimum absolute atomic E-state index is 0.582. The van der Waals surface area contributed by atoms with Crippen LogP contribution < -0.4 is 5.46 Å². The maximum Gasteiger partial charge on any atom is 0.489 e. The molecular formula is C26H17BO2. The van der Waals surface area contributed by atoms with E-state index in [2.05, 4.69) is 48.5 Å².